The normalized spacial score (nSPS) is 23.0. The Labute approximate surface area is 109 Å². The SMILES string of the molecule is CCCNc1cc(NC2CCCC2OC)ccn1. The third-order valence-corrected chi connectivity index (χ3v) is 3.42. The van der Waals surface area contributed by atoms with E-state index in [0.29, 0.717) is 12.1 Å². The molecule has 0 saturated heterocycles. The Morgan fingerprint density at radius 1 is 1.44 bits per heavy atom. The highest BCUT2D eigenvalue weighted by molar-refractivity contribution is 5.52. The van der Waals surface area contributed by atoms with E-state index in [1.807, 2.05) is 12.3 Å². The lowest BCUT2D eigenvalue weighted by Gasteiger charge is -2.21. The lowest BCUT2D eigenvalue weighted by molar-refractivity contribution is 0.101. The van der Waals surface area contributed by atoms with E-state index in [-0.39, 0.29) is 0 Å². The van der Waals surface area contributed by atoms with E-state index in [2.05, 4.69) is 28.6 Å². The van der Waals surface area contributed by atoms with Crippen LogP contribution in [-0.4, -0.2) is 30.8 Å². The summed E-state index contributed by atoms with van der Waals surface area (Å²) in [7, 11) is 1.80. The predicted octanol–water partition coefficient (Wildman–Crippen LogP) is 2.88. The van der Waals surface area contributed by atoms with Crippen LogP contribution in [0.4, 0.5) is 11.5 Å². The van der Waals surface area contributed by atoms with Gasteiger partial charge in [0.15, 0.2) is 0 Å². The van der Waals surface area contributed by atoms with Crippen LogP contribution in [0, 0.1) is 0 Å². The molecule has 4 heteroatoms. The van der Waals surface area contributed by atoms with E-state index in [0.717, 1.165) is 30.9 Å². The van der Waals surface area contributed by atoms with E-state index in [1.54, 1.807) is 7.11 Å². The van der Waals surface area contributed by atoms with Crippen LogP contribution in [0.1, 0.15) is 32.6 Å². The standard InChI is InChI=1S/C14H23N3O/c1-3-8-15-14-10-11(7-9-16-14)17-12-5-4-6-13(12)18-2/h7,9-10,12-13H,3-6,8H2,1-2H3,(H2,15,16,17). The second-order valence-electron chi connectivity index (χ2n) is 4.81. The minimum Gasteiger partial charge on any atom is -0.380 e. The van der Waals surface area contributed by atoms with Crippen LogP contribution >= 0.6 is 0 Å². The van der Waals surface area contributed by atoms with Gasteiger partial charge in [-0.1, -0.05) is 6.92 Å². The number of nitrogens with zero attached hydrogens (tertiary/aromatic N) is 1. The fourth-order valence-corrected chi connectivity index (χ4v) is 2.46. The van der Waals surface area contributed by atoms with Crippen molar-refractivity contribution in [1.29, 1.82) is 0 Å². The van der Waals surface area contributed by atoms with E-state index in [4.69, 9.17) is 4.74 Å². The number of hydrogen-bond acceptors (Lipinski definition) is 4. The van der Waals surface area contributed by atoms with Gasteiger partial charge in [0.05, 0.1) is 12.1 Å². The molecule has 18 heavy (non-hydrogen) atoms. The Balaban J connectivity index is 1.96. The molecule has 2 rings (SSSR count). The van der Waals surface area contributed by atoms with Gasteiger partial charge in [-0.15, -0.1) is 0 Å². The Morgan fingerprint density at radius 3 is 3.11 bits per heavy atom. The average Bonchev–Trinajstić information content (AvgIpc) is 2.84. The van der Waals surface area contributed by atoms with Crippen LogP contribution in [0.2, 0.25) is 0 Å². The first-order valence-electron chi connectivity index (χ1n) is 6.82. The van der Waals surface area contributed by atoms with Crippen LogP contribution in [0.5, 0.6) is 0 Å². The molecule has 2 N–H and O–H groups in total. The van der Waals surface area contributed by atoms with Crippen molar-refractivity contribution in [2.75, 3.05) is 24.3 Å². The number of aromatic nitrogens is 1. The van der Waals surface area contributed by atoms with Gasteiger partial charge in [0.25, 0.3) is 0 Å². The molecule has 2 atom stereocenters. The molecule has 0 amide bonds. The van der Waals surface area contributed by atoms with Gasteiger partial charge in [-0.2, -0.15) is 0 Å². The molecule has 0 spiro atoms. The predicted molar refractivity (Wildman–Crippen MR) is 75.1 cm³/mol. The smallest absolute Gasteiger partial charge is 0.127 e. The summed E-state index contributed by atoms with van der Waals surface area (Å²) < 4.78 is 5.50. The number of pyridine rings is 1. The van der Waals surface area contributed by atoms with Crippen molar-refractivity contribution in [3.8, 4) is 0 Å². The first kappa shape index (κ1) is 13.1. The van der Waals surface area contributed by atoms with Crippen LogP contribution in [0.3, 0.4) is 0 Å². The minimum absolute atomic E-state index is 0.338. The zero-order chi connectivity index (χ0) is 12.8. The number of hydrogen-bond donors (Lipinski definition) is 2. The average molecular weight is 249 g/mol. The molecule has 0 bridgehead atoms. The Kier molecular flexibility index (Phi) is 4.81. The molecular formula is C14H23N3O. The van der Waals surface area contributed by atoms with Gasteiger partial charge in [-0.3, -0.25) is 0 Å². The summed E-state index contributed by atoms with van der Waals surface area (Å²) in [6.45, 7) is 3.11. The Morgan fingerprint density at radius 2 is 2.33 bits per heavy atom. The number of ether oxygens (including phenoxy) is 1. The van der Waals surface area contributed by atoms with Crippen molar-refractivity contribution < 1.29 is 4.74 Å². The number of methoxy groups -OCH3 is 1. The number of nitrogens with one attached hydrogen (secondary N) is 2. The van der Waals surface area contributed by atoms with Crippen LogP contribution in [0.25, 0.3) is 0 Å². The first-order valence-corrected chi connectivity index (χ1v) is 6.82. The van der Waals surface area contributed by atoms with E-state index in [1.165, 1.54) is 12.8 Å². The number of rotatable bonds is 6. The highest BCUT2D eigenvalue weighted by Crippen LogP contribution is 2.25. The van der Waals surface area contributed by atoms with Gasteiger partial charge in [0, 0.05) is 31.6 Å². The quantitative estimate of drug-likeness (QED) is 0.814. The molecular weight excluding hydrogens is 226 g/mol. The highest BCUT2D eigenvalue weighted by Gasteiger charge is 2.26. The molecule has 1 aromatic heterocycles. The van der Waals surface area contributed by atoms with Crippen LogP contribution in [-0.2, 0) is 4.74 Å². The van der Waals surface area contributed by atoms with Gasteiger partial charge in [0.1, 0.15) is 5.82 Å². The molecule has 0 aromatic carbocycles. The maximum Gasteiger partial charge on any atom is 0.127 e. The molecule has 0 radical (unpaired) electrons. The lowest BCUT2D eigenvalue weighted by atomic mass is 10.2. The van der Waals surface area contributed by atoms with Gasteiger partial charge in [-0.05, 0) is 31.7 Å². The first-order chi connectivity index (χ1) is 8.83. The third kappa shape index (κ3) is 3.35. The monoisotopic (exact) mass is 249 g/mol. The molecule has 100 valence electrons. The molecule has 1 saturated carbocycles. The summed E-state index contributed by atoms with van der Waals surface area (Å²) >= 11 is 0. The maximum atomic E-state index is 5.50. The molecule has 1 aromatic rings. The summed E-state index contributed by atoms with van der Waals surface area (Å²) in [6, 6.07) is 4.51. The fourth-order valence-electron chi connectivity index (χ4n) is 2.46. The second kappa shape index (κ2) is 6.59. The Hall–Kier alpha value is -1.29. The summed E-state index contributed by atoms with van der Waals surface area (Å²) in [5, 5.41) is 6.86. The van der Waals surface area contributed by atoms with Crippen LogP contribution in [0.15, 0.2) is 18.3 Å². The van der Waals surface area contributed by atoms with E-state index >= 15 is 0 Å². The topological polar surface area (TPSA) is 46.2 Å². The van der Waals surface area contributed by atoms with Gasteiger partial charge in [0.2, 0.25) is 0 Å². The van der Waals surface area contributed by atoms with Gasteiger partial charge >= 0.3 is 0 Å². The summed E-state index contributed by atoms with van der Waals surface area (Å²) in [5.74, 6) is 0.939. The van der Waals surface area contributed by atoms with E-state index < -0.39 is 0 Å². The van der Waals surface area contributed by atoms with Crippen molar-refractivity contribution in [3.63, 3.8) is 0 Å². The summed E-state index contributed by atoms with van der Waals surface area (Å²) in [4.78, 5) is 4.31. The van der Waals surface area contributed by atoms with Crippen molar-refractivity contribution in [3.05, 3.63) is 18.3 Å². The largest absolute Gasteiger partial charge is 0.380 e. The third-order valence-electron chi connectivity index (χ3n) is 3.42. The van der Waals surface area contributed by atoms with Crippen molar-refractivity contribution in [2.45, 2.75) is 44.8 Å². The maximum absolute atomic E-state index is 5.50. The molecule has 2 unspecified atom stereocenters. The van der Waals surface area contributed by atoms with Crippen molar-refractivity contribution in [1.82, 2.24) is 4.98 Å². The van der Waals surface area contributed by atoms with Gasteiger partial charge < -0.3 is 15.4 Å². The minimum atomic E-state index is 0.338. The summed E-state index contributed by atoms with van der Waals surface area (Å²) in [5.41, 5.74) is 1.12. The number of anilines is 2. The lowest BCUT2D eigenvalue weighted by Crippen LogP contribution is -2.29. The molecule has 4 nitrogen and oxygen atoms in total. The van der Waals surface area contributed by atoms with Crippen molar-refractivity contribution >= 4 is 11.5 Å². The Bertz CT molecular complexity index is 370. The molecule has 0 aliphatic heterocycles. The van der Waals surface area contributed by atoms with E-state index in [9.17, 15) is 0 Å². The zero-order valence-electron chi connectivity index (χ0n) is 11.3. The van der Waals surface area contributed by atoms with Gasteiger partial charge in [-0.25, -0.2) is 4.98 Å². The molecule has 1 fully saturated rings. The molecule has 1 aliphatic carbocycles. The summed E-state index contributed by atoms with van der Waals surface area (Å²) in [6.07, 6.45) is 6.86. The molecule has 1 aliphatic rings. The second-order valence-corrected chi connectivity index (χ2v) is 4.81. The highest BCUT2D eigenvalue weighted by atomic mass is 16.5. The zero-order valence-corrected chi connectivity index (χ0v) is 11.3. The van der Waals surface area contributed by atoms with Crippen LogP contribution < -0.4 is 10.6 Å². The van der Waals surface area contributed by atoms with Crippen molar-refractivity contribution in [2.24, 2.45) is 0 Å². The molecule has 1 heterocycles. The fraction of sp³-hybridized carbons (Fsp3) is 0.643.